The van der Waals surface area contributed by atoms with Crippen LogP contribution < -0.4 is 11.1 Å². The molecule has 0 spiro atoms. The van der Waals surface area contributed by atoms with E-state index in [1.807, 2.05) is 0 Å². The number of esters is 1. The molecule has 0 fully saturated rings. The van der Waals surface area contributed by atoms with Crippen molar-refractivity contribution in [2.45, 2.75) is 12.7 Å². The van der Waals surface area contributed by atoms with Gasteiger partial charge in [-0.3, -0.25) is 9.36 Å². The van der Waals surface area contributed by atoms with E-state index < -0.39 is 17.8 Å². The molecule has 0 saturated heterocycles. The van der Waals surface area contributed by atoms with Crippen molar-refractivity contribution in [1.82, 2.24) is 24.8 Å². The van der Waals surface area contributed by atoms with Crippen LogP contribution in [0.1, 0.15) is 32.0 Å². The Morgan fingerprint density at radius 2 is 1.65 bits per heavy atom. The quantitative estimate of drug-likeness (QED) is 0.293. The summed E-state index contributed by atoms with van der Waals surface area (Å²) in [6.45, 7) is 0.182. The van der Waals surface area contributed by atoms with Gasteiger partial charge in [0.15, 0.2) is 11.5 Å². The van der Waals surface area contributed by atoms with E-state index in [1.54, 1.807) is 36.4 Å². The molecule has 9 nitrogen and oxygen atoms in total. The molecule has 1 amide bonds. The van der Waals surface area contributed by atoms with E-state index in [0.29, 0.717) is 22.4 Å². The van der Waals surface area contributed by atoms with Crippen molar-refractivity contribution in [1.29, 1.82) is 0 Å². The van der Waals surface area contributed by atoms with Gasteiger partial charge in [0, 0.05) is 24.0 Å². The maximum Gasteiger partial charge on any atom is 0.433 e. The van der Waals surface area contributed by atoms with Gasteiger partial charge in [-0.2, -0.15) is 13.2 Å². The third-order valence-electron chi connectivity index (χ3n) is 6.09. The van der Waals surface area contributed by atoms with Gasteiger partial charge >= 0.3 is 12.1 Å². The van der Waals surface area contributed by atoms with Crippen LogP contribution >= 0.6 is 0 Å². The Labute approximate surface area is 225 Å². The summed E-state index contributed by atoms with van der Waals surface area (Å²) in [6, 6.07) is 18.3. The number of ether oxygens (including phenoxy) is 1. The zero-order valence-corrected chi connectivity index (χ0v) is 20.9. The summed E-state index contributed by atoms with van der Waals surface area (Å²) in [5, 5.41) is 2.79. The summed E-state index contributed by atoms with van der Waals surface area (Å²) in [6.07, 6.45) is -3.14. The van der Waals surface area contributed by atoms with Crippen LogP contribution in [-0.2, 0) is 17.5 Å². The van der Waals surface area contributed by atoms with E-state index in [2.05, 4.69) is 25.0 Å². The summed E-state index contributed by atoms with van der Waals surface area (Å²) in [5.41, 5.74) is 7.61. The lowest BCUT2D eigenvalue weighted by atomic mass is 10.1. The monoisotopic (exact) mass is 546 g/mol. The molecule has 40 heavy (non-hydrogen) atoms. The highest BCUT2D eigenvalue weighted by Gasteiger charge is 2.33. The molecule has 12 heteroatoms. The molecule has 0 aliphatic carbocycles. The van der Waals surface area contributed by atoms with Gasteiger partial charge in [0.2, 0.25) is 0 Å². The molecule has 5 rings (SSSR count). The molecule has 3 N–H and O–H groups in total. The zero-order chi connectivity index (χ0) is 28.4. The number of carbonyl (C=O) groups is 2. The average Bonchev–Trinajstić information content (AvgIpc) is 3.34. The molecule has 0 bridgehead atoms. The SMILES string of the molecule is COC(=O)c1ccc(C(=O)NCc2ccc(-n3c(-c4cccnc4N)nc4ccc(C(F)(F)F)nc43)cc2)cc1. The summed E-state index contributed by atoms with van der Waals surface area (Å²) < 4.78 is 46.5. The Morgan fingerprint density at radius 3 is 2.30 bits per heavy atom. The normalized spacial score (nSPS) is 11.4. The van der Waals surface area contributed by atoms with Crippen molar-refractivity contribution in [2.24, 2.45) is 0 Å². The third kappa shape index (κ3) is 5.19. The molecule has 3 heterocycles. The Bertz CT molecular complexity index is 1710. The lowest BCUT2D eigenvalue weighted by Gasteiger charge is -2.12. The number of halogens is 3. The molecule has 0 saturated carbocycles. The van der Waals surface area contributed by atoms with Gasteiger partial charge in [-0.05, 0) is 66.2 Å². The van der Waals surface area contributed by atoms with Gasteiger partial charge in [0.05, 0.1) is 18.2 Å². The van der Waals surface area contributed by atoms with Crippen LogP contribution in [0.25, 0.3) is 28.2 Å². The van der Waals surface area contributed by atoms with Gasteiger partial charge < -0.3 is 15.8 Å². The van der Waals surface area contributed by atoms with Crippen LogP contribution in [0.2, 0.25) is 0 Å². The Morgan fingerprint density at radius 1 is 0.950 bits per heavy atom. The van der Waals surface area contributed by atoms with E-state index in [1.165, 1.54) is 48.2 Å². The lowest BCUT2D eigenvalue weighted by molar-refractivity contribution is -0.141. The van der Waals surface area contributed by atoms with Gasteiger partial charge in [-0.15, -0.1) is 0 Å². The third-order valence-corrected chi connectivity index (χ3v) is 6.09. The zero-order valence-electron chi connectivity index (χ0n) is 20.9. The van der Waals surface area contributed by atoms with Gasteiger partial charge in [-0.25, -0.2) is 19.7 Å². The molecule has 0 aliphatic heterocycles. The minimum absolute atomic E-state index is 0.00420. The van der Waals surface area contributed by atoms with Crippen molar-refractivity contribution in [3.05, 3.63) is 101 Å². The number of nitrogens with zero attached hydrogens (tertiary/aromatic N) is 4. The first-order valence-corrected chi connectivity index (χ1v) is 11.9. The molecule has 0 aliphatic rings. The highest BCUT2D eigenvalue weighted by Crippen LogP contribution is 2.33. The Balaban J connectivity index is 1.44. The molecular formula is C28H21F3N6O3. The van der Waals surface area contributed by atoms with Crippen molar-refractivity contribution >= 4 is 28.9 Å². The fraction of sp³-hybridized carbons (Fsp3) is 0.107. The lowest BCUT2D eigenvalue weighted by Crippen LogP contribution is -2.22. The number of hydrogen-bond donors (Lipinski definition) is 2. The number of nitrogen functional groups attached to an aromatic ring is 1. The van der Waals surface area contributed by atoms with Crippen LogP contribution in [0.4, 0.5) is 19.0 Å². The Kier molecular flexibility index (Phi) is 6.91. The summed E-state index contributed by atoms with van der Waals surface area (Å²) in [5.74, 6) is -0.408. The summed E-state index contributed by atoms with van der Waals surface area (Å²) in [7, 11) is 1.27. The second-order valence-corrected chi connectivity index (χ2v) is 8.66. The maximum absolute atomic E-state index is 13.5. The maximum atomic E-state index is 13.5. The first-order chi connectivity index (χ1) is 19.2. The van der Waals surface area contributed by atoms with E-state index in [4.69, 9.17) is 5.73 Å². The van der Waals surface area contributed by atoms with Crippen LogP contribution in [0.15, 0.2) is 79.0 Å². The number of hydrogen-bond acceptors (Lipinski definition) is 7. The predicted molar refractivity (Wildman–Crippen MR) is 140 cm³/mol. The van der Waals surface area contributed by atoms with Crippen molar-refractivity contribution in [3.63, 3.8) is 0 Å². The summed E-state index contributed by atoms with van der Waals surface area (Å²) >= 11 is 0. The van der Waals surface area contributed by atoms with Gasteiger partial charge in [0.25, 0.3) is 5.91 Å². The number of pyridine rings is 2. The number of aromatic nitrogens is 4. The number of anilines is 1. The minimum Gasteiger partial charge on any atom is -0.465 e. The number of nitrogens with two attached hydrogens (primary N) is 1. The smallest absolute Gasteiger partial charge is 0.433 e. The van der Waals surface area contributed by atoms with Crippen molar-refractivity contribution < 1.29 is 27.5 Å². The number of alkyl halides is 3. The van der Waals surface area contributed by atoms with E-state index in [-0.39, 0.29) is 35.3 Å². The number of fused-ring (bicyclic) bond motifs is 1. The van der Waals surface area contributed by atoms with Crippen LogP contribution in [0.3, 0.4) is 0 Å². The minimum atomic E-state index is -4.64. The predicted octanol–water partition coefficient (Wildman–Crippen LogP) is 4.80. The molecule has 202 valence electrons. The number of rotatable bonds is 6. The number of methoxy groups -OCH3 is 1. The molecular weight excluding hydrogens is 525 g/mol. The van der Waals surface area contributed by atoms with Crippen LogP contribution in [0.5, 0.6) is 0 Å². The number of amides is 1. The first-order valence-electron chi connectivity index (χ1n) is 11.9. The largest absolute Gasteiger partial charge is 0.465 e. The Hall–Kier alpha value is -5.26. The number of benzene rings is 2. The summed E-state index contributed by atoms with van der Waals surface area (Å²) in [4.78, 5) is 36.6. The number of carbonyl (C=O) groups excluding carboxylic acids is 2. The first kappa shape index (κ1) is 26.4. The second kappa shape index (κ2) is 10.5. The number of nitrogens with one attached hydrogen (secondary N) is 1. The van der Waals surface area contributed by atoms with Gasteiger partial charge in [-0.1, -0.05) is 12.1 Å². The van der Waals surface area contributed by atoms with Gasteiger partial charge in [0.1, 0.15) is 17.0 Å². The molecule has 0 atom stereocenters. The van der Waals surface area contributed by atoms with Crippen molar-refractivity contribution in [3.8, 4) is 17.1 Å². The molecule has 5 aromatic rings. The van der Waals surface area contributed by atoms with E-state index in [9.17, 15) is 22.8 Å². The fourth-order valence-corrected chi connectivity index (χ4v) is 4.07. The highest BCUT2D eigenvalue weighted by molar-refractivity contribution is 5.96. The molecule has 0 radical (unpaired) electrons. The van der Waals surface area contributed by atoms with E-state index in [0.717, 1.165) is 11.6 Å². The second-order valence-electron chi connectivity index (χ2n) is 8.66. The fourth-order valence-electron chi connectivity index (χ4n) is 4.07. The topological polar surface area (TPSA) is 125 Å². The molecule has 0 unspecified atom stereocenters. The average molecular weight is 547 g/mol. The number of imidazole rings is 1. The highest BCUT2D eigenvalue weighted by atomic mass is 19.4. The van der Waals surface area contributed by atoms with Crippen molar-refractivity contribution in [2.75, 3.05) is 12.8 Å². The van der Waals surface area contributed by atoms with Crippen LogP contribution in [-0.4, -0.2) is 38.5 Å². The van der Waals surface area contributed by atoms with Crippen LogP contribution in [0, 0.1) is 0 Å². The standard InChI is InChI=1S/C28H21F3N6O3/c1-40-27(39)18-8-6-17(7-9-18)26(38)34-15-16-4-10-19(11-5-16)37-24(20-3-2-14-33-23(20)32)35-21-12-13-22(28(29,30)31)36-25(21)37/h2-14H,15H2,1H3,(H2,32,33)(H,34,38). The molecule has 2 aromatic carbocycles. The van der Waals surface area contributed by atoms with E-state index >= 15 is 0 Å². The molecule has 3 aromatic heterocycles.